The van der Waals surface area contributed by atoms with Gasteiger partial charge in [0, 0.05) is 26.6 Å². The van der Waals surface area contributed by atoms with E-state index in [0.717, 1.165) is 28.6 Å². The van der Waals surface area contributed by atoms with Crippen LogP contribution in [0.3, 0.4) is 0 Å². The lowest BCUT2D eigenvalue weighted by atomic mass is 10.3. The molecule has 0 saturated heterocycles. The van der Waals surface area contributed by atoms with Crippen LogP contribution < -0.4 is 10.6 Å². The molecule has 0 spiro atoms. The molecule has 1 aromatic rings. The fraction of sp³-hybridized carbons (Fsp3) is 0.353. The second-order valence-electron chi connectivity index (χ2n) is 5.59. The van der Waals surface area contributed by atoms with Crippen LogP contribution in [0.1, 0.15) is 12.8 Å². The number of ether oxygens (including phenoxy) is 1. The largest absolute Gasteiger partial charge is 0.456 e. The molecular formula is C17H22FN3O6S. The maximum absolute atomic E-state index is 12.9. The zero-order chi connectivity index (χ0) is 21.2. The molecule has 0 aliphatic heterocycles. The zero-order valence-corrected chi connectivity index (χ0v) is 16.1. The number of carbonyl (C=O) groups excluding carboxylic acids is 3. The van der Waals surface area contributed by atoms with E-state index in [9.17, 15) is 27.2 Å². The molecule has 9 nitrogen and oxygen atoms in total. The van der Waals surface area contributed by atoms with Crippen molar-refractivity contribution in [2.45, 2.75) is 17.7 Å². The van der Waals surface area contributed by atoms with Crippen LogP contribution in [0.5, 0.6) is 0 Å². The van der Waals surface area contributed by atoms with Crippen molar-refractivity contribution >= 4 is 27.9 Å². The number of rotatable bonds is 10. The van der Waals surface area contributed by atoms with Crippen LogP contribution in [-0.2, 0) is 24.3 Å². The maximum Gasteiger partial charge on any atom is 0.321 e. The van der Waals surface area contributed by atoms with Gasteiger partial charge < -0.3 is 10.1 Å². The van der Waals surface area contributed by atoms with Gasteiger partial charge in [0.25, 0.3) is 5.91 Å². The second-order valence-corrected chi connectivity index (χ2v) is 7.64. The molecule has 0 aromatic heterocycles. The normalized spacial score (nSPS) is 11.0. The minimum Gasteiger partial charge on any atom is -0.456 e. The first kappa shape index (κ1) is 23.2. The molecule has 11 heteroatoms. The van der Waals surface area contributed by atoms with Crippen LogP contribution >= 0.6 is 0 Å². The summed E-state index contributed by atoms with van der Waals surface area (Å²) < 4.78 is 43.3. The summed E-state index contributed by atoms with van der Waals surface area (Å²) in [5, 5.41) is 4.27. The number of sulfonamides is 1. The third-order valence-electron chi connectivity index (χ3n) is 3.40. The van der Waals surface area contributed by atoms with E-state index in [1.54, 1.807) is 0 Å². The Hall–Kier alpha value is -2.79. The van der Waals surface area contributed by atoms with Crippen LogP contribution in [-0.4, -0.2) is 57.4 Å². The average Bonchev–Trinajstić information content (AvgIpc) is 2.65. The number of amides is 3. The van der Waals surface area contributed by atoms with Crippen molar-refractivity contribution in [1.29, 1.82) is 0 Å². The number of halogens is 1. The molecule has 0 atom stereocenters. The number of hydrogen-bond donors (Lipinski definition) is 2. The summed E-state index contributed by atoms with van der Waals surface area (Å²) in [5.41, 5.74) is 0. The molecule has 1 rings (SSSR count). The standard InChI is InChI=1S/C17H22FN3O6S/c1-3-10-19-17(24)20-15(22)12-27-16(23)5-4-11-21(2)28(25,26)14-8-6-13(18)7-9-14/h3,6-9H,1,4-5,10-12H2,2H3,(H2,19,20,22,24). The van der Waals surface area contributed by atoms with E-state index in [2.05, 4.69) is 11.9 Å². The predicted molar refractivity (Wildman–Crippen MR) is 98.1 cm³/mol. The number of urea groups is 1. The predicted octanol–water partition coefficient (Wildman–Crippen LogP) is 0.781. The van der Waals surface area contributed by atoms with E-state index < -0.39 is 40.4 Å². The van der Waals surface area contributed by atoms with Gasteiger partial charge in [-0.25, -0.2) is 21.9 Å². The number of benzene rings is 1. The van der Waals surface area contributed by atoms with Crippen molar-refractivity contribution in [3.05, 3.63) is 42.7 Å². The number of carbonyl (C=O) groups is 3. The molecule has 0 radical (unpaired) electrons. The van der Waals surface area contributed by atoms with Gasteiger partial charge in [0.2, 0.25) is 10.0 Å². The minimum absolute atomic E-state index is 0.0188. The number of imide groups is 1. The molecule has 0 aliphatic rings. The summed E-state index contributed by atoms with van der Waals surface area (Å²) >= 11 is 0. The monoisotopic (exact) mass is 415 g/mol. The number of nitrogens with zero attached hydrogens (tertiary/aromatic N) is 1. The molecule has 0 bridgehead atoms. The minimum atomic E-state index is -3.80. The Morgan fingerprint density at radius 2 is 1.89 bits per heavy atom. The second kappa shape index (κ2) is 11.1. The molecule has 1 aromatic carbocycles. The van der Waals surface area contributed by atoms with Gasteiger partial charge in [0.05, 0.1) is 4.90 Å². The van der Waals surface area contributed by atoms with Gasteiger partial charge in [0.1, 0.15) is 5.82 Å². The van der Waals surface area contributed by atoms with Gasteiger partial charge in [-0.1, -0.05) is 6.08 Å². The first-order chi connectivity index (χ1) is 13.2. The number of esters is 1. The third-order valence-corrected chi connectivity index (χ3v) is 5.27. The Balaban J connectivity index is 2.35. The fourth-order valence-corrected chi connectivity index (χ4v) is 3.15. The SMILES string of the molecule is C=CCNC(=O)NC(=O)COC(=O)CCCN(C)S(=O)(=O)c1ccc(F)cc1. The Morgan fingerprint density at radius 3 is 2.50 bits per heavy atom. The summed E-state index contributed by atoms with van der Waals surface area (Å²) in [7, 11) is -2.47. The quantitative estimate of drug-likeness (QED) is 0.430. The summed E-state index contributed by atoms with van der Waals surface area (Å²) in [6.07, 6.45) is 1.45. The van der Waals surface area contributed by atoms with Crippen molar-refractivity contribution in [3.8, 4) is 0 Å². The summed E-state index contributed by atoms with van der Waals surface area (Å²) in [4.78, 5) is 34.2. The van der Waals surface area contributed by atoms with E-state index in [4.69, 9.17) is 4.74 Å². The molecule has 0 aliphatic carbocycles. The van der Waals surface area contributed by atoms with Crippen LogP contribution in [0, 0.1) is 5.82 Å². The van der Waals surface area contributed by atoms with Crippen molar-refractivity contribution in [1.82, 2.24) is 14.9 Å². The molecule has 0 heterocycles. The van der Waals surface area contributed by atoms with E-state index in [1.165, 1.54) is 13.1 Å². The highest BCUT2D eigenvalue weighted by Crippen LogP contribution is 2.15. The lowest BCUT2D eigenvalue weighted by Crippen LogP contribution is -2.41. The van der Waals surface area contributed by atoms with Gasteiger partial charge in [-0.2, -0.15) is 0 Å². The van der Waals surface area contributed by atoms with Crippen LogP contribution in [0.25, 0.3) is 0 Å². The maximum atomic E-state index is 12.9. The van der Waals surface area contributed by atoms with Gasteiger partial charge in [0.15, 0.2) is 6.61 Å². The van der Waals surface area contributed by atoms with Gasteiger partial charge >= 0.3 is 12.0 Å². The Morgan fingerprint density at radius 1 is 1.25 bits per heavy atom. The average molecular weight is 415 g/mol. The van der Waals surface area contributed by atoms with E-state index in [-0.39, 0.29) is 30.8 Å². The van der Waals surface area contributed by atoms with Crippen LogP contribution in [0.15, 0.2) is 41.8 Å². The zero-order valence-electron chi connectivity index (χ0n) is 15.3. The van der Waals surface area contributed by atoms with Crippen molar-refractivity contribution < 1.29 is 31.9 Å². The van der Waals surface area contributed by atoms with Crippen molar-refractivity contribution in [2.75, 3.05) is 26.7 Å². The lowest BCUT2D eigenvalue weighted by Gasteiger charge is -2.16. The molecule has 3 amide bonds. The smallest absolute Gasteiger partial charge is 0.321 e. The molecule has 0 unspecified atom stereocenters. The summed E-state index contributed by atoms with van der Waals surface area (Å²) in [6.45, 7) is 2.95. The summed E-state index contributed by atoms with van der Waals surface area (Å²) in [6, 6.07) is 3.65. The molecule has 28 heavy (non-hydrogen) atoms. The van der Waals surface area contributed by atoms with Crippen molar-refractivity contribution in [2.24, 2.45) is 0 Å². The van der Waals surface area contributed by atoms with Crippen molar-refractivity contribution in [3.63, 3.8) is 0 Å². The summed E-state index contributed by atoms with van der Waals surface area (Å²) in [5.74, 6) is -2.06. The molecular weight excluding hydrogens is 393 g/mol. The lowest BCUT2D eigenvalue weighted by molar-refractivity contribution is -0.148. The van der Waals surface area contributed by atoms with Gasteiger partial charge in [-0.05, 0) is 30.7 Å². The third kappa shape index (κ3) is 7.84. The molecule has 2 N–H and O–H groups in total. The highest BCUT2D eigenvalue weighted by Gasteiger charge is 2.20. The van der Waals surface area contributed by atoms with Crippen LogP contribution in [0.2, 0.25) is 0 Å². The number of nitrogens with one attached hydrogen (secondary N) is 2. The first-order valence-electron chi connectivity index (χ1n) is 8.23. The Labute approximate surface area is 162 Å². The van der Waals surface area contributed by atoms with E-state index in [0.29, 0.717) is 0 Å². The van der Waals surface area contributed by atoms with Crippen LogP contribution in [0.4, 0.5) is 9.18 Å². The molecule has 0 saturated carbocycles. The first-order valence-corrected chi connectivity index (χ1v) is 9.67. The molecule has 154 valence electrons. The Bertz CT molecular complexity index is 811. The highest BCUT2D eigenvalue weighted by atomic mass is 32.2. The highest BCUT2D eigenvalue weighted by molar-refractivity contribution is 7.89. The fourth-order valence-electron chi connectivity index (χ4n) is 1.94. The van der Waals surface area contributed by atoms with Gasteiger partial charge in [-0.15, -0.1) is 6.58 Å². The molecule has 0 fully saturated rings. The Kier molecular flexibility index (Phi) is 9.25. The van der Waals surface area contributed by atoms with E-state index >= 15 is 0 Å². The van der Waals surface area contributed by atoms with E-state index in [1.807, 2.05) is 5.32 Å². The number of hydrogen-bond acceptors (Lipinski definition) is 6. The topological polar surface area (TPSA) is 122 Å². The van der Waals surface area contributed by atoms with Gasteiger partial charge in [-0.3, -0.25) is 14.9 Å².